The first-order valence-electron chi connectivity index (χ1n) is 6.60. The Morgan fingerprint density at radius 3 is 2.47 bits per heavy atom. The van der Waals surface area contributed by atoms with Crippen LogP contribution >= 0.6 is 0 Å². The van der Waals surface area contributed by atoms with Crippen molar-refractivity contribution in [2.24, 2.45) is 5.92 Å². The molecule has 1 aromatic rings. The number of amides is 1. The van der Waals surface area contributed by atoms with Gasteiger partial charge in [-0.25, -0.2) is 4.79 Å². The molecule has 1 saturated carbocycles. The van der Waals surface area contributed by atoms with Crippen LogP contribution in [-0.4, -0.2) is 22.5 Å². The first-order chi connectivity index (χ1) is 9.02. The first-order valence-corrected chi connectivity index (χ1v) is 6.60. The van der Waals surface area contributed by atoms with Crippen molar-refractivity contribution >= 4 is 11.9 Å². The second-order valence-electron chi connectivity index (χ2n) is 5.32. The molecule has 19 heavy (non-hydrogen) atoms. The predicted molar refractivity (Wildman–Crippen MR) is 71.7 cm³/mol. The standard InChI is InChI=1S/C15H19NO3/c1-15(14(18)19,12-8-9-12)16-13(17)10-7-11-5-3-2-4-6-11/h2-6,12H,7-10H2,1H3,(H,16,17)(H,18,19). The molecule has 0 saturated heterocycles. The van der Waals surface area contributed by atoms with Crippen molar-refractivity contribution in [1.82, 2.24) is 5.32 Å². The summed E-state index contributed by atoms with van der Waals surface area (Å²) >= 11 is 0. The Balaban J connectivity index is 1.88. The van der Waals surface area contributed by atoms with E-state index in [1.54, 1.807) is 6.92 Å². The minimum absolute atomic E-state index is 0.0747. The van der Waals surface area contributed by atoms with E-state index in [0.29, 0.717) is 12.8 Å². The van der Waals surface area contributed by atoms with E-state index in [9.17, 15) is 14.7 Å². The van der Waals surface area contributed by atoms with E-state index in [1.807, 2.05) is 30.3 Å². The number of carbonyl (C=O) groups is 2. The van der Waals surface area contributed by atoms with Crippen LogP contribution in [0.5, 0.6) is 0 Å². The molecule has 0 aliphatic heterocycles. The van der Waals surface area contributed by atoms with Gasteiger partial charge in [-0.3, -0.25) is 4.79 Å². The summed E-state index contributed by atoms with van der Waals surface area (Å²) in [7, 11) is 0. The Bertz CT molecular complexity index is 468. The van der Waals surface area contributed by atoms with E-state index in [0.717, 1.165) is 18.4 Å². The summed E-state index contributed by atoms with van der Waals surface area (Å²) in [6.07, 6.45) is 2.70. The average molecular weight is 261 g/mol. The highest BCUT2D eigenvalue weighted by molar-refractivity contribution is 5.87. The molecule has 0 spiro atoms. The molecule has 0 heterocycles. The van der Waals surface area contributed by atoms with Gasteiger partial charge in [0.05, 0.1) is 0 Å². The molecule has 102 valence electrons. The number of carbonyl (C=O) groups excluding carboxylic acids is 1. The summed E-state index contributed by atoms with van der Waals surface area (Å²) < 4.78 is 0. The van der Waals surface area contributed by atoms with Crippen molar-refractivity contribution in [2.45, 2.75) is 38.1 Å². The topological polar surface area (TPSA) is 66.4 Å². The number of rotatable bonds is 6. The van der Waals surface area contributed by atoms with Crippen LogP contribution in [0, 0.1) is 5.92 Å². The summed E-state index contributed by atoms with van der Waals surface area (Å²) in [4.78, 5) is 23.2. The number of nitrogens with one attached hydrogen (secondary N) is 1. The highest BCUT2D eigenvalue weighted by Gasteiger charge is 2.48. The zero-order valence-corrected chi connectivity index (χ0v) is 11.1. The van der Waals surface area contributed by atoms with Gasteiger partial charge in [0.2, 0.25) is 5.91 Å². The molecule has 4 heteroatoms. The van der Waals surface area contributed by atoms with Gasteiger partial charge in [0.1, 0.15) is 5.54 Å². The van der Waals surface area contributed by atoms with Crippen molar-refractivity contribution in [1.29, 1.82) is 0 Å². The number of hydrogen-bond acceptors (Lipinski definition) is 2. The fourth-order valence-corrected chi connectivity index (χ4v) is 2.25. The van der Waals surface area contributed by atoms with Gasteiger partial charge in [-0.2, -0.15) is 0 Å². The van der Waals surface area contributed by atoms with Gasteiger partial charge in [-0.05, 0) is 37.7 Å². The molecule has 2 rings (SSSR count). The molecule has 2 N–H and O–H groups in total. The number of hydrogen-bond donors (Lipinski definition) is 2. The third-order valence-corrected chi connectivity index (χ3v) is 3.72. The third kappa shape index (κ3) is 3.34. The summed E-state index contributed by atoms with van der Waals surface area (Å²) in [5.74, 6) is -1.06. The van der Waals surface area contributed by atoms with Crippen molar-refractivity contribution in [3.8, 4) is 0 Å². The molecule has 1 aliphatic carbocycles. The van der Waals surface area contributed by atoms with E-state index in [1.165, 1.54) is 0 Å². The Morgan fingerprint density at radius 2 is 1.95 bits per heavy atom. The number of aryl methyl sites for hydroxylation is 1. The largest absolute Gasteiger partial charge is 0.480 e. The fraction of sp³-hybridized carbons (Fsp3) is 0.467. The Labute approximate surface area is 112 Å². The van der Waals surface area contributed by atoms with E-state index in [4.69, 9.17) is 0 Å². The van der Waals surface area contributed by atoms with Crippen LogP contribution in [0.15, 0.2) is 30.3 Å². The van der Waals surface area contributed by atoms with E-state index in [-0.39, 0.29) is 11.8 Å². The number of benzene rings is 1. The lowest BCUT2D eigenvalue weighted by molar-refractivity contribution is -0.147. The maximum Gasteiger partial charge on any atom is 0.329 e. The predicted octanol–water partition coefficient (Wildman–Crippen LogP) is 1.99. The van der Waals surface area contributed by atoms with Crippen LogP contribution in [0.4, 0.5) is 0 Å². The normalized spacial score (nSPS) is 17.5. The molecular weight excluding hydrogens is 242 g/mol. The summed E-state index contributed by atoms with van der Waals surface area (Å²) in [6.45, 7) is 1.60. The zero-order valence-electron chi connectivity index (χ0n) is 11.1. The highest BCUT2D eigenvalue weighted by atomic mass is 16.4. The highest BCUT2D eigenvalue weighted by Crippen LogP contribution is 2.39. The quantitative estimate of drug-likeness (QED) is 0.823. The Hall–Kier alpha value is -1.84. The molecule has 1 aromatic carbocycles. The SMILES string of the molecule is CC(NC(=O)CCc1ccccc1)(C(=O)O)C1CC1. The van der Waals surface area contributed by atoms with Crippen LogP contribution in [0.25, 0.3) is 0 Å². The second kappa shape index (κ2) is 5.43. The van der Waals surface area contributed by atoms with Crippen molar-refractivity contribution in [3.63, 3.8) is 0 Å². The smallest absolute Gasteiger partial charge is 0.329 e. The second-order valence-corrected chi connectivity index (χ2v) is 5.32. The minimum atomic E-state index is -1.10. The van der Waals surface area contributed by atoms with Gasteiger partial charge in [-0.1, -0.05) is 30.3 Å². The van der Waals surface area contributed by atoms with Crippen LogP contribution in [-0.2, 0) is 16.0 Å². The molecular formula is C15H19NO3. The molecule has 1 atom stereocenters. The van der Waals surface area contributed by atoms with Gasteiger partial charge >= 0.3 is 5.97 Å². The molecule has 0 radical (unpaired) electrons. The number of carboxylic acids is 1. The molecule has 1 amide bonds. The van der Waals surface area contributed by atoms with Gasteiger partial charge < -0.3 is 10.4 Å². The Morgan fingerprint density at radius 1 is 1.32 bits per heavy atom. The van der Waals surface area contributed by atoms with Gasteiger partial charge in [0, 0.05) is 6.42 Å². The fourth-order valence-electron chi connectivity index (χ4n) is 2.25. The van der Waals surface area contributed by atoms with Crippen LogP contribution < -0.4 is 5.32 Å². The van der Waals surface area contributed by atoms with Gasteiger partial charge in [0.15, 0.2) is 0 Å². The monoisotopic (exact) mass is 261 g/mol. The maximum absolute atomic E-state index is 11.9. The molecule has 0 aromatic heterocycles. The minimum Gasteiger partial charge on any atom is -0.480 e. The number of carboxylic acid groups (broad SMARTS) is 1. The van der Waals surface area contributed by atoms with E-state index < -0.39 is 11.5 Å². The zero-order chi connectivity index (χ0) is 13.9. The summed E-state index contributed by atoms with van der Waals surface area (Å²) in [5.41, 5.74) is -0.0190. The molecule has 0 bridgehead atoms. The van der Waals surface area contributed by atoms with Crippen LogP contribution in [0.1, 0.15) is 31.7 Å². The van der Waals surface area contributed by atoms with E-state index in [2.05, 4.69) is 5.32 Å². The first kappa shape index (κ1) is 13.6. The van der Waals surface area contributed by atoms with E-state index >= 15 is 0 Å². The van der Waals surface area contributed by atoms with Crippen LogP contribution in [0.2, 0.25) is 0 Å². The van der Waals surface area contributed by atoms with Gasteiger partial charge in [0.25, 0.3) is 0 Å². The lowest BCUT2D eigenvalue weighted by Gasteiger charge is -2.26. The number of aliphatic carboxylic acids is 1. The molecule has 4 nitrogen and oxygen atoms in total. The third-order valence-electron chi connectivity index (χ3n) is 3.72. The lowest BCUT2D eigenvalue weighted by Crippen LogP contribution is -2.54. The summed E-state index contributed by atoms with van der Waals surface area (Å²) in [5, 5.41) is 11.9. The van der Waals surface area contributed by atoms with Gasteiger partial charge in [-0.15, -0.1) is 0 Å². The van der Waals surface area contributed by atoms with Crippen molar-refractivity contribution < 1.29 is 14.7 Å². The molecule has 1 aliphatic rings. The average Bonchev–Trinajstić information content (AvgIpc) is 3.22. The molecule has 1 fully saturated rings. The maximum atomic E-state index is 11.9. The summed E-state index contributed by atoms with van der Waals surface area (Å²) in [6, 6.07) is 9.71. The van der Waals surface area contributed by atoms with Crippen molar-refractivity contribution in [2.75, 3.05) is 0 Å². The van der Waals surface area contributed by atoms with Crippen molar-refractivity contribution in [3.05, 3.63) is 35.9 Å². The van der Waals surface area contributed by atoms with Crippen LogP contribution in [0.3, 0.4) is 0 Å². The lowest BCUT2D eigenvalue weighted by atomic mass is 9.95. The Kier molecular flexibility index (Phi) is 3.88. The molecule has 1 unspecified atom stereocenters.